The summed E-state index contributed by atoms with van der Waals surface area (Å²) in [6, 6.07) is 9.47. The van der Waals surface area contributed by atoms with Gasteiger partial charge in [0.15, 0.2) is 0 Å². The molecule has 0 aromatic heterocycles. The number of para-hydroxylation sites is 1. The molecule has 1 saturated heterocycles. The van der Waals surface area contributed by atoms with Gasteiger partial charge in [0.25, 0.3) is 0 Å². The van der Waals surface area contributed by atoms with E-state index in [-0.39, 0.29) is 12.5 Å². The lowest BCUT2D eigenvalue weighted by molar-refractivity contribution is -0.131. The summed E-state index contributed by atoms with van der Waals surface area (Å²) in [7, 11) is 0. The predicted octanol–water partition coefficient (Wildman–Crippen LogP) is 1.83. The van der Waals surface area contributed by atoms with Crippen LogP contribution in [0.5, 0.6) is 5.75 Å². The van der Waals surface area contributed by atoms with Crippen LogP contribution in [0.15, 0.2) is 30.3 Å². The van der Waals surface area contributed by atoms with Crippen molar-refractivity contribution >= 4 is 5.91 Å². The van der Waals surface area contributed by atoms with E-state index < -0.39 is 5.60 Å². The molecule has 1 aromatic carbocycles. The van der Waals surface area contributed by atoms with Gasteiger partial charge in [-0.3, -0.25) is 4.79 Å². The van der Waals surface area contributed by atoms with E-state index in [2.05, 4.69) is 0 Å². The first-order valence-electron chi connectivity index (χ1n) is 7.33. The van der Waals surface area contributed by atoms with Gasteiger partial charge in [-0.15, -0.1) is 0 Å². The number of carbonyl (C=O) groups excluding carboxylic acids is 1. The topological polar surface area (TPSA) is 49.8 Å². The Hall–Kier alpha value is -1.55. The fourth-order valence-electron chi connectivity index (χ4n) is 2.62. The fraction of sp³-hybridized carbons (Fsp3) is 0.562. The zero-order chi connectivity index (χ0) is 14.0. The maximum absolute atomic E-state index is 12.0. The van der Waals surface area contributed by atoms with Gasteiger partial charge in [-0.25, -0.2) is 0 Å². The minimum Gasteiger partial charge on any atom is -0.491 e. The molecule has 1 aromatic rings. The summed E-state index contributed by atoms with van der Waals surface area (Å²) in [4.78, 5) is 13.8. The van der Waals surface area contributed by atoms with E-state index in [4.69, 9.17) is 4.74 Å². The molecule has 0 bridgehead atoms. The van der Waals surface area contributed by atoms with Crippen molar-refractivity contribution in [3.05, 3.63) is 30.3 Å². The number of nitrogens with zero attached hydrogens (tertiary/aromatic N) is 1. The molecule has 2 aliphatic rings. The Kier molecular flexibility index (Phi) is 3.66. The standard InChI is InChI=1S/C16H21NO3/c18-15(10-13-6-7-13)17-9-8-16(19,11-17)12-20-14-4-2-1-3-5-14/h1-5,13,19H,6-12H2. The molecule has 1 atom stereocenters. The van der Waals surface area contributed by atoms with Crippen LogP contribution >= 0.6 is 0 Å². The minimum atomic E-state index is -0.908. The third-order valence-corrected chi connectivity index (χ3v) is 4.10. The number of carbonyl (C=O) groups is 1. The number of hydrogen-bond donors (Lipinski definition) is 1. The molecule has 1 saturated carbocycles. The molecule has 2 fully saturated rings. The largest absolute Gasteiger partial charge is 0.491 e. The Balaban J connectivity index is 1.50. The van der Waals surface area contributed by atoms with E-state index >= 15 is 0 Å². The van der Waals surface area contributed by atoms with Crippen LogP contribution < -0.4 is 4.74 Å². The zero-order valence-corrected chi connectivity index (χ0v) is 11.6. The molecule has 108 valence electrons. The van der Waals surface area contributed by atoms with Crippen LogP contribution in [0, 0.1) is 5.92 Å². The number of ether oxygens (including phenoxy) is 1. The number of amides is 1. The summed E-state index contributed by atoms with van der Waals surface area (Å²) in [5.41, 5.74) is -0.908. The van der Waals surface area contributed by atoms with Crippen molar-refractivity contribution in [2.24, 2.45) is 5.92 Å². The SMILES string of the molecule is O=C(CC1CC1)N1CCC(O)(COc2ccccc2)C1. The van der Waals surface area contributed by atoms with Gasteiger partial charge in [-0.2, -0.15) is 0 Å². The molecule has 1 aliphatic heterocycles. The number of likely N-dealkylation sites (tertiary alicyclic amines) is 1. The molecule has 20 heavy (non-hydrogen) atoms. The zero-order valence-electron chi connectivity index (χ0n) is 11.6. The highest BCUT2D eigenvalue weighted by Crippen LogP contribution is 2.34. The van der Waals surface area contributed by atoms with E-state index in [0.29, 0.717) is 31.8 Å². The van der Waals surface area contributed by atoms with Crippen molar-refractivity contribution < 1.29 is 14.6 Å². The Morgan fingerprint density at radius 3 is 2.80 bits per heavy atom. The maximum atomic E-state index is 12.0. The van der Waals surface area contributed by atoms with Gasteiger partial charge >= 0.3 is 0 Å². The average Bonchev–Trinajstić information content (AvgIpc) is 3.18. The smallest absolute Gasteiger partial charge is 0.222 e. The molecular weight excluding hydrogens is 254 g/mol. The lowest BCUT2D eigenvalue weighted by Gasteiger charge is -2.23. The summed E-state index contributed by atoms with van der Waals surface area (Å²) in [5, 5.41) is 10.5. The van der Waals surface area contributed by atoms with Gasteiger partial charge in [0, 0.05) is 13.0 Å². The summed E-state index contributed by atoms with van der Waals surface area (Å²) in [6.45, 7) is 1.27. The van der Waals surface area contributed by atoms with Gasteiger partial charge < -0.3 is 14.7 Å². The highest BCUT2D eigenvalue weighted by molar-refractivity contribution is 5.77. The Bertz CT molecular complexity index is 472. The highest BCUT2D eigenvalue weighted by atomic mass is 16.5. The first kappa shape index (κ1) is 13.4. The van der Waals surface area contributed by atoms with E-state index in [0.717, 1.165) is 5.75 Å². The third-order valence-electron chi connectivity index (χ3n) is 4.10. The highest BCUT2D eigenvalue weighted by Gasteiger charge is 2.40. The first-order chi connectivity index (χ1) is 9.65. The maximum Gasteiger partial charge on any atom is 0.222 e. The van der Waals surface area contributed by atoms with Crippen LogP contribution in [0.1, 0.15) is 25.7 Å². The quantitative estimate of drug-likeness (QED) is 0.892. The fourth-order valence-corrected chi connectivity index (χ4v) is 2.62. The van der Waals surface area contributed by atoms with Crippen LogP contribution in [0.2, 0.25) is 0 Å². The van der Waals surface area contributed by atoms with Gasteiger partial charge in [-0.1, -0.05) is 18.2 Å². The third kappa shape index (κ3) is 3.31. The molecule has 1 amide bonds. The first-order valence-corrected chi connectivity index (χ1v) is 7.33. The van der Waals surface area contributed by atoms with E-state index in [1.54, 1.807) is 4.90 Å². The summed E-state index contributed by atoms with van der Waals surface area (Å²) in [6.07, 6.45) is 3.60. The van der Waals surface area contributed by atoms with Gasteiger partial charge in [0.1, 0.15) is 18.0 Å². The number of aliphatic hydroxyl groups is 1. The van der Waals surface area contributed by atoms with Crippen molar-refractivity contribution in [2.45, 2.75) is 31.3 Å². The van der Waals surface area contributed by atoms with Crippen LogP contribution in [0.3, 0.4) is 0 Å². The summed E-state index contributed by atoms with van der Waals surface area (Å²) in [5.74, 6) is 1.53. The summed E-state index contributed by atoms with van der Waals surface area (Å²) >= 11 is 0. The normalized spacial score (nSPS) is 25.8. The number of benzene rings is 1. The van der Waals surface area contributed by atoms with Crippen molar-refractivity contribution in [1.29, 1.82) is 0 Å². The molecule has 4 heteroatoms. The Morgan fingerprint density at radius 2 is 2.10 bits per heavy atom. The van der Waals surface area contributed by atoms with Crippen LogP contribution in [0.25, 0.3) is 0 Å². The van der Waals surface area contributed by atoms with Crippen LogP contribution in [0.4, 0.5) is 0 Å². The lowest BCUT2D eigenvalue weighted by Crippen LogP contribution is -2.40. The second-order valence-electron chi connectivity index (χ2n) is 6.04. The van der Waals surface area contributed by atoms with Gasteiger partial charge in [-0.05, 0) is 37.3 Å². The Morgan fingerprint density at radius 1 is 1.35 bits per heavy atom. The second kappa shape index (κ2) is 5.44. The van der Waals surface area contributed by atoms with Crippen molar-refractivity contribution in [3.63, 3.8) is 0 Å². The molecule has 0 spiro atoms. The molecule has 1 heterocycles. The van der Waals surface area contributed by atoms with Crippen molar-refractivity contribution in [1.82, 2.24) is 4.90 Å². The molecule has 1 unspecified atom stereocenters. The lowest BCUT2D eigenvalue weighted by atomic mass is 10.1. The van der Waals surface area contributed by atoms with Crippen molar-refractivity contribution in [2.75, 3.05) is 19.7 Å². The molecule has 3 rings (SSSR count). The summed E-state index contributed by atoms with van der Waals surface area (Å²) < 4.78 is 5.63. The number of rotatable bonds is 5. The van der Waals surface area contributed by atoms with E-state index in [1.165, 1.54) is 12.8 Å². The predicted molar refractivity (Wildman–Crippen MR) is 75.4 cm³/mol. The van der Waals surface area contributed by atoms with E-state index in [9.17, 15) is 9.90 Å². The van der Waals surface area contributed by atoms with E-state index in [1.807, 2.05) is 30.3 Å². The number of hydrogen-bond acceptors (Lipinski definition) is 3. The minimum absolute atomic E-state index is 0.183. The van der Waals surface area contributed by atoms with Crippen LogP contribution in [-0.4, -0.2) is 41.2 Å². The van der Waals surface area contributed by atoms with Crippen LogP contribution in [-0.2, 0) is 4.79 Å². The molecular formula is C16H21NO3. The van der Waals surface area contributed by atoms with Gasteiger partial charge in [0.2, 0.25) is 5.91 Å². The van der Waals surface area contributed by atoms with Crippen molar-refractivity contribution in [3.8, 4) is 5.75 Å². The molecule has 1 N–H and O–H groups in total. The number of β-amino-alcohol motifs (C(OH)–C–C–N with tert-alkyl or cyclic N) is 1. The second-order valence-corrected chi connectivity index (χ2v) is 6.04. The Labute approximate surface area is 119 Å². The molecule has 0 radical (unpaired) electrons. The average molecular weight is 275 g/mol. The molecule has 4 nitrogen and oxygen atoms in total. The van der Waals surface area contributed by atoms with Gasteiger partial charge in [0.05, 0.1) is 6.54 Å². The molecule has 1 aliphatic carbocycles. The monoisotopic (exact) mass is 275 g/mol.